The van der Waals surface area contributed by atoms with Crippen LogP contribution in [-0.2, 0) is 0 Å². The van der Waals surface area contributed by atoms with Gasteiger partial charge in [0.25, 0.3) is 0 Å². The maximum Gasteiger partial charge on any atom is 0.191 e. The lowest BCUT2D eigenvalue weighted by Gasteiger charge is -2.34. The van der Waals surface area contributed by atoms with Gasteiger partial charge in [0.15, 0.2) is 5.96 Å². The lowest BCUT2D eigenvalue weighted by atomic mass is 10.0. The lowest BCUT2D eigenvalue weighted by molar-refractivity contribution is 0.186. The highest BCUT2D eigenvalue weighted by molar-refractivity contribution is 14.0. The van der Waals surface area contributed by atoms with E-state index in [0.717, 1.165) is 37.8 Å². The summed E-state index contributed by atoms with van der Waals surface area (Å²) in [6.07, 6.45) is 2.29. The minimum Gasteiger partial charge on any atom is -0.487 e. The van der Waals surface area contributed by atoms with E-state index in [1.54, 1.807) is 0 Å². The van der Waals surface area contributed by atoms with E-state index in [2.05, 4.69) is 34.4 Å². The normalized spacial score (nSPS) is 17.3. The van der Waals surface area contributed by atoms with Crippen molar-refractivity contribution in [2.45, 2.75) is 45.8 Å². The van der Waals surface area contributed by atoms with Crippen LogP contribution in [0.4, 0.5) is 0 Å². The predicted octanol–water partition coefficient (Wildman–Crippen LogP) is 4.01. The Labute approximate surface area is 186 Å². The van der Waals surface area contributed by atoms with Crippen LogP contribution >= 0.6 is 35.6 Å². The summed E-state index contributed by atoms with van der Waals surface area (Å²) in [5, 5.41) is 7.53. The first-order valence-electron chi connectivity index (χ1n) is 9.58. The van der Waals surface area contributed by atoms with Gasteiger partial charge in [-0.2, -0.15) is 0 Å². The van der Waals surface area contributed by atoms with Crippen molar-refractivity contribution in [3.8, 4) is 5.75 Å². The molecule has 1 heterocycles. The van der Waals surface area contributed by atoms with Crippen molar-refractivity contribution < 1.29 is 4.74 Å². The number of nitrogens with zero attached hydrogens (tertiary/aromatic N) is 2. The Morgan fingerprint density at radius 2 is 1.93 bits per heavy atom. The van der Waals surface area contributed by atoms with Crippen molar-refractivity contribution >= 4 is 41.5 Å². The molecule has 0 bridgehead atoms. The molecule has 1 aliphatic heterocycles. The largest absolute Gasteiger partial charge is 0.487 e. The van der Waals surface area contributed by atoms with Crippen molar-refractivity contribution in [1.29, 1.82) is 0 Å². The van der Waals surface area contributed by atoms with Gasteiger partial charge < -0.3 is 20.3 Å². The van der Waals surface area contributed by atoms with Gasteiger partial charge in [-0.25, -0.2) is 0 Å². The fraction of sp³-hybridized carbons (Fsp3) is 0.650. The molecule has 154 valence electrons. The van der Waals surface area contributed by atoms with Gasteiger partial charge in [0, 0.05) is 32.7 Å². The van der Waals surface area contributed by atoms with E-state index in [0.29, 0.717) is 23.4 Å². The molecule has 7 heteroatoms. The van der Waals surface area contributed by atoms with E-state index in [4.69, 9.17) is 16.3 Å². The highest BCUT2D eigenvalue weighted by atomic mass is 127. The first kappa shape index (κ1) is 24.3. The van der Waals surface area contributed by atoms with E-state index in [1.165, 1.54) is 6.54 Å². The van der Waals surface area contributed by atoms with Gasteiger partial charge in [0.05, 0.1) is 11.6 Å². The molecule has 2 rings (SSSR count). The Kier molecular flexibility index (Phi) is 11.4. The summed E-state index contributed by atoms with van der Waals surface area (Å²) in [5.41, 5.74) is 0. The molecule has 1 aromatic rings. The highest BCUT2D eigenvalue weighted by Crippen LogP contribution is 2.24. The van der Waals surface area contributed by atoms with E-state index in [1.807, 2.05) is 38.2 Å². The summed E-state index contributed by atoms with van der Waals surface area (Å²) < 4.78 is 5.90. The molecule has 0 aliphatic carbocycles. The Morgan fingerprint density at radius 1 is 1.26 bits per heavy atom. The number of ether oxygens (including phenoxy) is 1. The fourth-order valence-corrected chi connectivity index (χ4v) is 3.38. The third-order valence-electron chi connectivity index (χ3n) is 4.50. The molecular weight excluding hydrogens is 475 g/mol. The number of piperidine rings is 1. The number of guanidine groups is 1. The fourth-order valence-electron chi connectivity index (χ4n) is 3.20. The standard InChI is InChI=1S/C20H33ClN4O.HI/c1-15(2)14-25-11-9-17(10-12-25)24-20(22-4)23-13-16(3)26-19-8-6-5-7-18(19)21;/h5-8,15-17H,9-14H2,1-4H3,(H2,22,23,24);1H. The zero-order valence-corrected chi connectivity index (χ0v) is 20.0. The minimum atomic E-state index is -0.0126. The molecule has 1 atom stereocenters. The van der Waals surface area contributed by atoms with Gasteiger partial charge in [-0.15, -0.1) is 24.0 Å². The zero-order chi connectivity index (χ0) is 18.9. The Balaban J connectivity index is 0.00000364. The molecule has 1 aliphatic rings. The van der Waals surface area contributed by atoms with Gasteiger partial charge in [-0.3, -0.25) is 4.99 Å². The maximum absolute atomic E-state index is 6.14. The van der Waals surface area contributed by atoms with Crippen LogP contribution in [0.25, 0.3) is 0 Å². The van der Waals surface area contributed by atoms with Crippen LogP contribution in [0.5, 0.6) is 5.75 Å². The zero-order valence-electron chi connectivity index (χ0n) is 16.9. The second-order valence-corrected chi connectivity index (χ2v) is 7.83. The number of hydrogen-bond donors (Lipinski definition) is 2. The van der Waals surface area contributed by atoms with Crippen molar-refractivity contribution in [2.24, 2.45) is 10.9 Å². The molecule has 0 spiro atoms. The molecule has 1 unspecified atom stereocenters. The molecule has 0 saturated carbocycles. The monoisotopic (exact) mass is 508 g/mol. The van der Waals surface area contributed by atoms with Gasteiger partial charge in [0.2, 0.25) is 0 Å². The Morgan fingerprint density at radius 3 is 2.52 bits per heavy atom. The van der Waals surface area contributed by atoms with Crippen LogP contribution in [0, 0.1) is 5.92 Å². The molecule has 1 fully saturated rings. The van der Waals surface area contributed by atoms with Crippen LogP contribution in [0.15, 0.2) is 29.3 Å². The number of halogens is 2. The molecule has 5 nitrogen and oxygen atoms in total. The van der Waals surface area contributed by atoms with Crippen molar-refractivity contribution in [1.82, 2.24) is 15.5 Å². The molecule has 1 saturated heterocycles. The molecular formula is C20H34ClIN4O. The van der Waals surface area contributed by atoms with Crippen LogP contribution in [0.1, 0.15) is 33.6 Å². The van der Waals surface area contributed by atoms with E-state index in [-0.39, 0.29) is 30.1 Å². The topological polar surface area (TPSA) is 48.9 Å². The first-order valence-corrected chi connectivity index (χ1v) is 9.96. The number of rotatable bonds is 7. The van der Waals surface area contributed by atoms with Crippen molar-refractivity contribution in [3.05, 3.63) is 29.3 Å². The molecule has 0 radical (unpaired) electrons. The molecule has 2 N–H and O–H groups in total. The van der Waals surface area contributed by atoms with Crippen LogP contribution < -0.4 is 15.4 Å². The first-order chi connectivity index (χ1) is 12.5. The predicted molar refractivity (Wildman–Crippen MR) is 126 cm³/mol. The summed E-state index contributed by atoms with van der Waals surface area (Å²) >= 11 is 6.14. The van der Waals surface area contributed by atoms with Gasteiger partial charge in [-0.05, 0) is 37.8 Å². The SMILES string of the molecule is CN=C(NCC(C)Oc1ccccc1Cl)NC1CCN(CC(C)C)CC1.I. The highest BCUT2D eigenvalue weighted by Gasteiger charge is 2.20. The summed E-state index contributed by atoms with van der Waals surface area (Å²) in [6.45, 7) is 10.7. The van der Waals surface area contributed by atoms with E-state index in [9.17, 15) is 0 Å². The molecule has 0 aromatic heterocycles. The van der Waals surface area contributed by atoms with Crippen LogP contribution in [0.2, 0.25) is 5.02 Å². The number of hydrogen-bond acceptors (Lipinski definition) is 3. The summed E-state index contributed by atoms with van der Waals surface area (Å²) in [5.74, 6) is 2.28. The van der Waals surface area contributed by atoms with Crippen LogP contribution in [0.3, 0.4) is 0 Å². The number of aliphatic imine (C=N–C) groups is 1. The van der Waals surface area contributed by atoms with E-state index >= 15 is 0 Å². The maximum atomic E-state index is 6.14. The van der Waals surface area contributed by atoms with E-state index < -0.39 is 0 Å². The van der Waals surface area contributed by atoms with Crippen molar-refractivity contribution in [2.75, 3.05) is 33.2 Å². The molecule has 27 heavy (non-hydrogen) atoms. The molecule has 0 amide bonds. The average molecular weight is 509 g/mol. The van der Waals surface area contributed by atoms with Gasteiger partial charge in [0.1, 0.15) is 11.9 Å². The Bertz CT molecular complexity index is 577. The second kappa shape index (κ2) is 12.7. The second-order valence-electron chi connectivity index (χ2n) is 7.43. The summed E-state index contributed by atoms with van der Waals surface area (Å²) in [6, 6.07) is 8.02. The number of para-hydroxylation sites is 1. The number of nitrogens with one attached hydrogen (secondary N) is 2. The number of benzene rings is 1. The lowest BCUT2D eigenvalue weighted by Crippen LogP contribution is -2.50. The van der Waals surface area contributed by atoms with Gasteiger partial charge >= 0.3 is 0 Å². The van der Waals surface area contributed by atoms with Crippen molar-refractivity contribution in [3.63, 3.8) is 0 Å². The van der Waals surface area contributed by atoms with Crippen LogP contribution in [-0.4, -0.2) is 56.2 Å². The minimum absolute atomic E-state index is 0. The summed E-state index contributed by atoms with van der Waals surface area (Å²) in [7, 11) is 1.81. The third-order valence-corrected chi connectivity index (χ3v) is 4.81. The quantitative estimate of drug-likeness (QED) is 0.332. The Hall–Kier alpha value is -0.730. The smallest absolute Gasteiger partial charge is 0.191 e. The summed E-state index contributed by atoms with van der Waals surface area (Å²) in [4.78, 5) is 6.90. The third kappa shape index (κ3) is 8.87. The molecule has 1 aromatic carbocycles. The van der Waals surface area contributed by atoms with Gasteiger partial charge in [-0.1, -0.05) is 37.6 Å². The number of likely N-dealkylation sites (tertiary alicyclic amines) is 1. The average Bonchev–Trinajstić information content (AvgIpc) is 2.61.